The first kappa shape index (κ1) is 24.0. The molecule has 0 saturated carbocycles. The minimum Gasteiger partial charge on any atom is -0.349 e. The molecule has 186 valence electrons. The lowest BCUT2D eigenvalue weighted by Gasteiger charge is -2.27. The van der Waals surface area contributed by atoms with Crippen molar-refractivity contribution in [3.05, 3.63) is 99.0 Å². The summed E-state index contributed by atoms with van der Waals surface area (Å²) in [6.07, 6.45) is -0.974. The summed E-state index contributed by atoms with van der Waals surface area (Å²) in [5.41, 5.74) is 0.182. The van der Waals surface area contributed by atoms with Gasteiger partial charge in [-0.25, -0.2) is 4.90 Å². The Balaban J connectivity index is 1.52. The molecule has 0 aromatic heterocycles. The Bertz CT molecular complexity index is 1480. The molecule has 1 aliphatic carbocycles. The lowest BCUT2D eigenvalue weighted by Crippen LogP contribution is -2.51. The number of fused-ring (bicyclic) bond motifs is 3. The van der Waals surface area contributed by atoms with E-state index in [2.05, 4.69) is 13.8 Å². The number of carbonyl (C=O) groups is 4. The molecule has 1 spiro atoms. The van der Waals surface area contributed by atoms with Crippen molar-refractivity contribution in [2.24, 2.45) is 11.8 Å². The van der Waals surface area contributed by atoms with Crippen LogP contribution in [-0.4, -0.2) is 29.0 Å². The van der Waals surface area contributed by atoms with Crippen LogP contribution in [0, 0.1) is 11.8 Å². The minimum absolute atomic E-state index is 0.170. The molecule has 3 atom stereocenters. The first-order chi connectivity index (χ1) is 17.7. The van der Waals surface area contributed by atoms with Crippen molar-refractivity contribution in [3.63, 3.8) is 0 Å². The van der Waals surface area contributed by atoms with Gasteiger partial charge in [-0.1, -0.05) is 85.6 Å². The summed E-state index contributed by atoms with van der Waals surface area (Å²) in [6.45, 7) is 4.13. The molecule has 0 bridgehead atoms. The van der Waals surface area contributed by atoms with Crippen LogP contribution >= 0.6 is 23.2 Å². The van der Waals surface area contributed by atoms with Gasteiger partial charge in [-0.2, -0.15) is 0 Å². The number of hydrogen-bond donors (Lipinski definition) is 0. The second-order valence-electron chi connectivity index (χ2n) is 9.91. The Morgan fingerprint density at radius 2 is 1.43 bits per heavy atom. The number of carbonyl (C=O) groups excluding carboxylic acids is 4. The summed E-state index contributed by atoms with van der Waals surface area (Å²) >= 11 is 12.2. The second kappa shape index (κ2) is 8.35. The van der Waals surface area contributed by atoms with Crippen LogP contribution in [0.3, 0.4) is 0 Å². The van der Waals surface area contributed by atoms with Crippen LogP contribution in [0.15, 0.2) is 66.7 Å². The number of hydrogen-bond acceptors (Lipinski definition) is 5. The molecule has 37 heavy (non-hydrogen) atoms. The predicted octanol–water partition coefficient (Wildman–Crippen LogP) is 5.81. The van der Waals surface area contributed by atoms with Crippen LogP contribution in [0.5, 0.6) is 0 Å². The van der Waals surface area contributed by atoms with E-state index < -0.39 is 46.9 Å². The summed E-state index contributed by atoms with van der Waals surface area (Å²) < 4.78 is 6.32. The average molecular weight is 534 g/mol. The first-order valence-corrected chi connectivity index (χ1v) is 12.7. The lowest BCUT2D eigenvalue weighted by molar-refractivity contribution is -0.127. The predicted molar refractivity (Wildman–Crippen MR) is 138 cm³/mol. The van der Waals surface area contributed by atoms with Crippen LogP contribution in [0.4, 0.5) is 5.69 Å². The van der Waals surface area contributed by atoms with Crippen molar-refractivity contribution in [1.29, 1.82) is 0 Å². The van der Waals surface area contributed by atoms with Gasteiger partial charge in [-0.15, -0.1) is 0 Å². The molecule has 6 rings (SSSR count). The first-order valence-electron chi connectivity index (χ1n) is 12.0. The zero-order valence-corrected chi connectivity index (χ0v) is 21.4. The van der Waals surface area contributed by atoms with Crippen molar-refractivity contribution < 1.29 is 23.9 Å². The maximum Gasteiger partial charge on any atom is 0.241 e. The molecule has 0 radical (unpaired) electrons. The fraction of sp³-hybridized carbons (Fsp3) is 0.241. The van der Waals surface area contributed by atoms with E-state index in [9.17, 15) is 19.2 Å². The van der Waals surface area contributed by atoms with E-state index >= 15 is 0 Å². The highest BCUT2D eigenvalue weighted by molar-refractivity contribution is 6.42. The maximum atomic E-state index is 14.0. The number of rotatable bonds is 3. The molecule has 0 unspecified atom stereocenters. The van der Waals surface area contributed by atoms with Gasteiger partial charge in [0.25, 0.3) is 0 Å². The molecule has 3 aromatic carbocycles. The highest BCUT2D eigenvalue weighted by Gasteiger charge is 2.74. The molecule has 3 aromatic rings. The van der Waals surface area contributed by atoms with Crippen molar-refractivity contribution in [3.8, 4) is 0 Å². The minimum atomic E-state index is -2.12. The number of ketones is 2. The van der Waals surface area contributed by atoms with Gasteiger partial charge in [0.05, 0.1) is 33.7 Å². The molecular weight excluding hydrogens is 513 g/mol. The zero-order valence-electron chi connectivity index (χ0n) is 19.9. The lowest BCUT2D eigenvalue weighted by atomic mass is 9.77. The Morgan fingerprint density at radius 1 is 0.811 bits per heavy atom. The maximum absolute atomic E-state index is 14.0. The number of imide groups is 1. The third kappa shape index (κ3) is 3.22. The molecule has 6 nitrogen and oxygen atoms in total. The van der Waals surface area contributed by atoms with Gasteiger partial charge in [0.2, 0.25) is 29.0 Å². The largest absolute Gasteiger partial charge is 0.349 e. The van der Waals surface area contributed by atoms with Gasteiger partial charge in [0, 0.05) is 11.1 Å². The van der Waals surface area contributed by atoms with E-state index in [1.54, 1.807) is 24.3 Å². The topological polar surface area (TPSA) is 80.8 Å². The van der Waals surface area contributed by atoms with Crippen LogP contribution in [0.2, 0.25) is 10.0 Å². The SMILES string of the molecule is CC(C)c1ccc([C@H]2OC3(C(=O)c4ccccc4C3=O)[C@H]3C(=O)N(c4ccc(Cl)c(Cl)c4)C(=O)[C@@H]23)cc1. The number of anilines is 1. The summed E-state index contributed by atoms with van der Waals surface area (Å²) in [4.78, 5) is 56.5. The van der Waals surface area contributed by atoms with Crippen molar-refractivity contribution in [2.75, 3.05) is 4.90 Å². The molecule has 2 fully saturated rings. The van der Waals surface area contributed by atoms with Crippen LogP contribution in [0.25, 0.3) is 0 Å². The number of amides is 2. The van der Waals surface area contributed by atoms with E-state index in [4.69, 9.17) is 27.9 Å². The van der Waals surface area contributed by atoms with Crippen molar-refractivity contribution in [2.45, 2.75) is 31.5 Å². The number of halogens is 2. The third-order valence-electron chi connectivity index (χ3n) is 7.61. The van der Waals surface area contributed by atoms with Crippen molar-refractivity contribution >= 4 is 52.3 Å². The Labute approximate surface area is 223 Å². The van der Waals surface area contributed by atoms with Gasteiger partial charge < -0.3 is 4.74 Å². The summed E-state index contributed by atoms with van der Waals surface area (Å²) in [5.74, 6) is -4.54. The number of Topliss-reactive ketones (excluding diaryl/α,β-unsaturated/α-hetero) is 2. The van der Waals surface area contributed by atoms with E-state index in [0.717, 1.165) is 10.5 Å². The van der Waals surface area contributed by atoms with E-state index in [1.165, 1.54) is 18.2 Å². The van der Waals surface area contributed by atoms with Crippen LogP contribution in [0.1, 0.15) is 57.7 Å². The molecule has 0 N–H and O–H groups in total. The Morgan fingerprint density at radius 3 is 2.00 bits per heavy atom. The second-order valence-corrected chi connectivity index (χ2v) is 10.7. The van der Waals surface area contributed by atoms with Gasteiger partial charge in [-0.05, 0) is 35.2 Å². The van der Waals surface area contributed by atoms with E-state index in [-0.39, 0.29) is 32.8 Å². The normalized spacial score (nSPS) is 23.9. The molecule has 2 saturated heterocycles. The molecule has 2 aliphatic heterocycles. The van der Waals surface area contributed by atoms with Gasteiger partial charge in [0.15, 0.2) is 0 Å². The number of benzene rings is 3. The standard InChI is InChI=1S/C29H21Cl2NO5/c1-14(2)15-7-9-16(10-8-15)24-22-23(28(36)32(27(22)35)17-11-12-20(30)21(31)13-17)29(37-24)25(33)18-5-3-4-6-19(18)26(29)34/h3-14,22-24H,1-2H3/t22-,23-,24-/m1/s1. The molecule has 2 heterocycles. The summed E-state index contributed by atoms with van der Waals surface area (Å²) in [5, 5.41) is 0.438. The Kier molecular flexibility index (Phi) is 5.42. The fourth-order valence-electron chi connectivity index (χ4n) is 5.77. The molecule has 8 heteroatoms. The van der Waals surface area contributed by atoms with Gasteiger partial charge in [0.1, 0.15) is 0 Å². The van der Waals surface area contributed by atoms with E-state index in [1.807, 2.05) is 24.3 Å². The zero-order chi connectivity index (χ0) is 26.2. The number of ether oxygens (including phenoxy) is 1. The highest BCUT2D eigenvalue weighted by Crippen LogP contribution is 2.57. The molecule has 2 amide bonds. The van der Waals surface area contributed by atoms with Crippen LogP contribution in [-0.2, 0) is 14.3 Å². The van der Waals surface area contributed by atoms with Crippen LogP contribution < -0.4 is 4.90 Å². The van der Waals surface area contributed by atoms with Gasteiger partial charge >= 0.3 is 0 Å². The average Bonchev–Trinajstić information content (AvgIpc) is 3.46. The fourth-order valence-corrected chi connectivity index (χ4v) is 6.06. The van der Waals surface area contributed by atoms with E-state index in [0.29, 0.717) is 5.56 Å². The third-order valence-corrected chi connectivity index (χ3v) is 8.35. The molecule has 3 aliphatic rings. The summed E-state index contributed by atoms with van der Waals surface area (Å²) in [6, 6.07) is 18.3. The Hall–Kier alpha value is -3.32. The van der Waals surface area contributed by atoms with Gasteiger partial charge in [-0.3, -0.25) is 19.2 Å². The molecular formula is C29H21Cl2NO5. The van der Waals surface area contributed by atoms with Crippen molar-refractivity contribution in [1.82, 2.24) is 0 Å². The summed E-state index contributed by atoms with van der Waals surface area (Å²) in [7, 11) is 0. The monoisotopic (exact) mass is 533 g/mol. The highest BCUT2D eigenvalue weighted by atomic mass is 35.5. The quantitative estimate of drug-likeness (QED) is 0.313. The smallest absolute Gasteiger partial charge is 0.241 e. The number of nitrogens with zero attached hydrogens (tertiary/aromatic N) is 1.